The third kappa shape index (κ3) is 4.00. The minimum Gasteiger partial charge on any atom is -0.484 e. The summed E-state index contributed by atoms with van der Waals surface area (Å²) in [7, 11) is 0. The molecule has 1 aromatic rings. The number of nitrogens with zero attached hydrogens (tertiary/aromatic N) is 2. The average molecular weight is 368 g/mol. The number of nitrogens with one attached hydrogen (secondary N) is 1. The molecular formula is C16H22BrN3O2. The van der Waals surface area contributed by atoms with Gasteiger partial charge >= 0.3 is 0 Å². The van der Waals surface area contributed by atoms with Gasteiger partial charge in [0.25, 0.3) is 5.91 Å². The Morgan fingerprint density at radius 1 is 1.32 bits per heavy atom. The fraction of sp³-hybridized carbons (Fsp3) is 0.562. The standard InChI is InChI=1S/C16H22BrN3O2/c17-13-2-1-3-15(10-13)22-12-16(21)20-7-4-14(11-20)19-8-5-18-6-9-19/h1-3,10,14,18H,4-9,11-12H2. The molecule has 0 radical (unpaired) electrons. The summed E-state index contributed by atoms with van der Waals surface area (Å²) in [6, 6.07) is 8.09. The van der Waals surface area contributed by atoms with Crippen LogP contribution in [-0.4, -0.2) is 67.6 Å². The highest BCUT2D eigenvalue weighted by Crippen LogP contribution is 2.19. The Hall–Kier alpha value is -1.11. The van der Waals surface area contributed by atoms with Crippen LogP contribution in [0.2, 0.25) is 0 Å². The first kappa shape index (κ1) is 15.8. The molecule has 22 heavy (non-hydrogen) atoms. The highest BCUT2D eigenvalue weighted by atomic mass is 79.9. The molecule has 1 unspecified atom stereocenters. The van der Waals surface area contributed by atoms with Crippen LogP contribution in [0.25, 0.3) is 0 Å². The van der Waals surface area contributed by atoms with Gasteiger partial charge in [-0.1, -0.05) is 22.0 Å². The zero-order chi connectivity index (χ0) is 15.4. The first-order valence-corrected chi connectivity index (χ1v) is 8.62. The third-order valence-corrected chi connectivity index (χ3v) is 4.84. The predicted octanol–water partition coefficient (Wildman–Crippen LogP) is 1.33. The fourth-order valence-electron chi connectivity index (χ4n) is 3.11. The summed E-state index contributed by atoms with van der Waals surface area (Å²) in [5, 5.41) is 3.37. The normalized spacial score (nSPS) is 22.8. The number of carbonyl (C=O) groups is 1. The number of hydrogen-bond acceptors (Lipinski definition) is 4. The van der Waals surface area contributed by atoms with E-state index >= 15 is 0 Å². The van der Waals surface area contributed by atoms with Crippen molar-refractivity contribution in [3.63, 3.8) is 0 Å². The van der Waals surface area contributed by atoms with E-state index in [4.69, 9.17) is 4.74 Å². The van der Waals surface area contributed by atoms with Crippen LogP contribution in [0.1, 0.15) is 6.42 Å². The molecule has 1 amide bonds. The number of hydrogen-bond donors (Lipinski definition) is 1. The van der Waals surface area contributed by atoms with Gasteiger partial charge in [-0.15, -0.1) is 0 Å². The zero-order valence-electron chi connectivity index (χ0n) is 12.6. The highest BCUT2D eigenvalue weighted by Gasteiger charge is 2.30. The van der Waals surface area contributed by atoms with Crippen molar-refractivity contribution >= 4 is 21.8 Å². The van der Waals surface area contributed by atoms with E-state index in [1.165, 1.54) is 0 Å². The van der Waals surface area contributed by atoms with Gasteiger partial charge in [-0.3, -0.25) is 9.69 Å². The van der Waals surface area contributed by atoms with Crippen LogP contribution in [-0.2, 0) is 4.79 Å². The first-order chi connectivity index (χ1) is 10.7. The van der Waals surface area contributed by atoms with Crippen molar-refractivity contribution in [1.29, 1.82) is 0 Å². The van der Waals surface area contributed by atoms with Gasteiger partial charge in [0, 0.05) is 49.8 Å². The van der Waals surface area contributed by atoms with Crippen LogP contribution < -0.4 is 10.1 Å². The number of halogens is 1. The van der Waals surface area contributed by atoms with Gasteiger partial charge in [0.15, 0.2) is 6.61 Å². The molecule has 1 N–H and O–H groups in total. The molecule has 0 spiro atoms. The maximum absolute atomic E-state index is 12.3. The molecule has 1 atom stereocenters. The minimum absolute atomic E-state index is 0.0811. The van der Waals surface area contributed by atoms with Crippen LogP contribution in [0.3, 0.4) is 0 Å². The van der Waals surface area contributed by atoms with Gasteiger partial charge in [0.2, 0.25) is 0 Å². The van der Waals surface area contributed by atoms with Crippen molar-refractivity contribution in [3.05, 3.63) is 28.7 Å². The quantitative estimate of drug-likeness (QED) is 0.871. The lowest BCUT2D eigenvalue weighted by molar-refractivity contribution is -0.132. The van der Waals surface area contributed by atoms with E-state index in [0.29, 0.717) is 6.04 Å². The molecule has 0 aliphatic carbocycles. The molecule has 6 heteroatoms. The summed E-state index contributed by atoms with van der Waals surface area (Å²) in [5.74, 6) is 0.804. The van der Waals surface area contributed by atoms with Crippen molar-refractivity contribution in [2.45, 2.75) is 12.5 Å². The fourth-order valence-corrected chi connectivity index (χ4v) is 3.49. The van der Waals surface area contributed by atoms with E-state index in [9.17, 15) is 4.79 Å². The van der Waals surface area contributed by atoms with Gasteiger partial charge in [-0.05, 0) is 24.6 Å². The lowest BCUT2D eigenvalue weighted by Gasteiger charge is -2.32. The first-order valence-electron chi connectivity index (χ1n) is 7.83. The topological polar surface area (TPSA) is 44.8 Å². The second-order valence-corrected chi connectivity index (χ2v) is 6.73. The lowest BCUT2D eigenvalue weighted by atomic mass is 10.2. The second-order valence-electron chi connectivity index (χ2n) is 5.81. The summed E-state index contributed by atoms with van der Waals surface area (Å²) < 4.78 is 6.55. The molecular weight excluding hydrogens is 346 g/mol. The third-order valence-electron chi connectivity index (χ3n) is 4.34. The Balaban J connectivity index is 1.47. The Labute approximate surface area is 139 Å². The van der Waals surface area contributed by atoms with Crippen LogP contribution >= 0.6 is 15.9 Å². The van der Waals surface area contributed by atoms with E-state index in [2.05, 4.69) is 26.1 Å². The highest BCUT2D eigenvalue weighted by molar-refractivity contribution is 9.10. The van der Waals surface area contributed by atoms with E-state index in [1.807, 2.05) is 29.2 Å². The number of likely N-dealkylation sites (tertiary alicyclic amines) is 1. The summed E-state index contributed by atoms with van der Waals surface area (Å²) in [6.45, 7) is 6.07. The van der Waals surface area contributed by atoms with Crippen molar-refractivity contribution in [2.24, 2.45) is 0 Å². The molecule has 2 saturated heterocycles. The monoisotopic (exact) mass is 367 g/mol. The van der Waals surface area contributed by atoms with Gasteiger partial charge in [0.1, 0.15) is 5.75 Å². The van der Waals surface area contributed by atoms with E-state index in [-0.39, 0.29) is 12.5 Å². The number of benzene rings is 1. The Kier molecular flexibility index (Phi) is 5.33. The number of rotatable bonds is 4. The molecule has 120 valence electrons. The molecule has 1 aromatic carbocycles. The Bertz CT molecular complexity index is 520. The number of piperazine rings is 1. The molecule has 3 rings (SSSR count). The summed E-state index contributed by atoms with van der Waals surface area (Å²) in [4.78, 5) is 16.7. The van der Waals surface area contributed by atoms with Crippen LogP contribution in [0.5, 0.6) is 5.75 Å². The lowest BCUT2D eigenvalue weighted by Crippen LogP contribution is -2.49. The molecule has 2 aliphatic heterocycles. The number of carbonyl (C=O) groups excluding carboxylic acids is 1. The van der Waals surface area contributed by atoms with E-state index in [1.54, 1.807) is 0 Å². The number of ether oxygens (including phenoxy) is 1. The average Bonchev–Trinajstić information content (AvgIpc) is 3.04. The molecule has 0 aromatic heterocycles. The van der Waals surface area contributed by atoms with Crippen LogP contribution in [0.4, 0.5) is 0 Å². The molecule has 0 saturated carbocycles. The van der Waals surface area contributed by atoms with Crippen molar-refractivity contribution in [2.75, 3.05) is 45.9 Å². The van der Waals surface area contributed by atoms with Gasteiger partial charge in [-0.2, -0.15) is 0 Å². The molecule has 2 aliphatic rings. The SMILES string of the molecule is O=C(COc1cccc(Br)c1)N1CCC(N2CCNCC2)C1. The second kappa shape index (κ2) is 7.44. The van der Waals surface area contributed by atoms with E-state index < -0.39 is 0 Å². The summed E-state index contributed by atoms with van der Waals surface area (Å²) in [5.41, 5.74) is 0. The maximum Gasteiger partial charge on any atom is 0.260 e. The van der Waals surface area contributed by atoms with Crippen LogP contribution in [0, 0.1) is 0 Å². The minimum atomic E-state index is 0.0811. The smallest absolute Gasteiger partial charge is 0.260 e. The molecule has 0 bridgehead atoms. The zero-order valence-corrected chi connectivity index (χ0v) is 14.2. The van der Waals surface area contributed by atoms with Crippen molar-refractivity contribution in [1.82, 2.24) is 15.1 Å². The van der Waals surface area contributed by atoms with Gasteiger partial charge in [0.05, 0.1) is 0 Å². The summed E-state index contributed by atoms with van der Waals surface area (Å²) in [6.07, 6.45) is 1.07. The Morgan fingerprint density at radius 2 is 2.14 bits per heavy atom. The van der Waals surface area contributed by atoms with Gasteiger partial charge < -0.3 is 15.0 Å². The number of amides is 1. The van der Waals surface area contributed by atoms with Crippen LogP contribution in [0.15, 0.2) is 28.7 Å². The molecule has 2 heterocycles. The predicted molar refractivity (Wildman–Crippen MR) is 89.1 cm³/mol. The molecule has 5 nitrogen and oxygen atoms in total. The Morgan fingerprint density at radius 3 is 2.91 bits per heavy atom. The maximum atomic E-state index is 12.3. The van der Waals surface area contributed by atoms with E-state index in [0.717, 1.165) is 55.9 Å². The van der Waals surface area contributed by atoms with Crippen molar-refractivity contribution < 1.29 is 9.53 Å². The molecule has 2 fully saturated rings. The van der Waals surface area contributed by atoms with Crippen molar-refractivity contribution in [3.8, 4) is 5.75 Å². The van der Waals surface area contributed by atoms with Gasteiger partial charge in [-0.25, -0.2) is 0 Å². The largest absolute Gasteiger partial charge is 0.484 e. The summed E-state index contributed by atoms with van der Waals surface area (Å²) >= 11 is 3.40.